The normalized spacial score (nSPS) is 14.8. The summed E-state index contributed by atoms with van der Waals surface area (Å²) in [6, 6.07) is 13.1. The number of tetrazole rings is 1. The van der Waals surface area contributed by atoms with Gasteiger partial charge in [0.15, 0.2) is 5.82 Å². The minimum Gasteiger partial charge on any atom is -0.465 e. The standard InChI is InChI=1S/C23H26N6O3/c30-21(25-18-10-5-2-6-11-18)13-14-24-23(31)20(16-19-12-7-15-32-19)29-22(26-27-28-29)17-8-3-1-4-9-17/h1,3-4,7-9,12,15-16,18H,2,5-6,10-11,13-14H2,(H,24,31)(H,25,30)/b20-16-. The zero-order valence-corrected chi connectivity index (χ0v) is 17.7. The molecule has 9 nitrogen and oxygen atoms in total. The van der Waals surface area contributed by atoms with Gasteiger partial charge >= 0.3 is 0 Å². The van der Waals surface area contributed by atoms with E-state index in [2.05, 4.69) is 26.2 Å². The van der Waals surface area contributed by atoms with Crippen LogP contribution in [0.1, 0.15) is 44.3 Å². The number of carbonyl (C=O) groups excluding carboxylic acids is 2. The second-order valence-corrected chi connectivity index (χ2v) is 7.73. The number of carbonyl (C=O) groups is 2. The lowest BCUT2D eigenvalue weighted by Gasteiger charge is -2.22. The van der Waals surface area contributed by atoms with Gasteiger partial charge in [0.1, 0.15) is 11.5 Å². The summed E-state index contributed by atoms with van der Waals surface area (Å²) in [5.41, 5.74) is 0.957. The van der Waals surface area contributed by atoms with Crippen molar-refractivity contribution in [3.63, 3.8) is 0 Å². The van der Waals surface area contributed by atoms with Crippen LogP contribution in [0, 0.1) is 0 Å². The molecule has 32 heavy (non-hydrogen) atoms. The Bertz CT molecular complexity index is 1050. The first kappa shape index (κ1) is 21.5. The van der Waals surface area contributed by atoms with Crippen LogP contribution in [-0.2, 0) is 9.59 Å². The van der Waals surface area contributed by atoms with Gasteiger partial charge in [-0.1, -0.05) is 49.6 Å². The number of nitrogens with zero attached hydrogens (tertiary/aromatic N) is 4. The highest BCUT2D eigenvalue weighted by atomic mass is 16.3. The highest BCUT2D eigenvalue weighted by Gasteiger charge is 2.20. The first-order chi connectivity index (χ1) is 15.7. The highest BCUT2D eigenvalue weighted by Crippen LogP contribution is 2.21. The SMILES string of the molecule is O=C(CCNC(=O)/C(=C/c1ccco1)n1nnnc1-c1ccccc1)NC1CCCCC1. The molecule has 1 aliphatic rings. The summed E-state index contributed by atoms with van der Waals surface area (Å²) in [7, 11) is 0. The zero-order valence-electron chi connectivity index (χ0n) is 17.7. The average Bonchev–Trinajstić information content (AvgIpc) is 3.51. The van der Waals surface area contributed by atoms with Gasteiger partial charge in [-0.15, -0.1) is 5.10 Å². The fourth-order valence-electron chi connectivity index (χ4n) is 3.77. The van der Waals surface area contributed by atoms with Crippen LogP contribution in [-0.4, -0.2) is 44.6 Å². The summed E-state index contributed by atoms with van der Waals surface area (Å²) in [6.07, 6.45) is 8.88. The second kappa shape index (κ2) is 10.5. The second-order valence-electron chi connectivity index (χ2n) is 7.73. The van der Waals surface area contributed by atoms with Crippen LogP contribution >= 0.6 is 0 Å². The third-order valence-electron chi connectivity index (χ3n) is 5.39. The monoisotopic (exact) mass is 434 g/mol. The summed E-state index contributed by atoms with van der Waals surface area (Å²) in [4.78, 5) is 25.3. The van der Waals surface area contributed by atoms with Gasteiger partial charge in [0.25, 0.3) is 5.91 Å². The number of furan rings is 1. The molecule has 1 saturated carbocycles. The highest BCUT2D eigenvalue weighted by molar-refractivity contribution is 6.18. The lowest BCUT2D eigenvalue weighted by molar-refractivity contribution is -0.122. The van der Waals surface area contributed by atoms with Gasteiger partial charge in [-0.2, -0.15) is 4.68 Å². The fourth-order valence-corrected chi connectivity index (χ4v) is 3.77. The summed E-state index contributed by atoms with van der Waals surface area (Å²) < 4.78 is 6.75. The van der Waals surface area contributed by atoms with Crippen molar-refractivity contribution < 1.29 is 14.0 Å². The van der Waals surface area contributed by atoms with E-state index in [9.17, 15) is 9.59 Å². The summed E-state index contributed by atoms with van der Waals surface area (Å²) in [5, 5.41) is 17.7. The summed E-state index contributed by atoms with van der Waals surface area (Å²) >= 11 is 0. The van der Waals surface area contributed by atoms with Crippen LogP contribution in [0.2, 0.25) is 0 Å². The molecule has 0 radical (unpaired) electrons. The van der Waals surface area contributed by atoms with E-state index in [0.717, 1.165) is 31.2 Å². The molecule has 3 aromatic rings. The number of amides is 2. The maximum Gasteiger partial charge on any atom is 0.270 e. The van der Waals surface area contributed by atoms with E-state index in [-0.39, 0.29) is 30.6 Å². The van der Waals surface area contributed by atoms with Crippen molar-refractivity contribution in [2.24, 2.45) is 0 Å². The Morgan fingerprint density at radius 1 is 1.09 bits per heavy atom. The van der Waals surface area contributed by atoms with Crippen molar-refractivity contribution in [1.82, 2.24) is 30.8 Å². The zero-order chi connectivity index (χ0) is 22.2. The van der Waals surface area contributed by atoms with E-state index < -0.39 is 5.91 Å². The van der Waals surface area contributed by atoms with E-state index in [4.69, 9.17) is 4.42 Å². The molecule has 1 aliphatic carbocycles. The van der Waals surface area contributed by atoms with Crippen LogP contribution in [0.3, 0.4) is 0 Å². The Hall–Kier alpha value is -3.75. The van der Waals surface area contributed by atoms with Crippen molar-refractivity contribution in [3.05, 3.63) is 54.5 Å². The van der Waals surface area contributed by atoms with Crippen molar-refractivity contribution in [2.75, 3.05) is 6.54 Å². The molecular formula is C23H26N6O3. The van der Waals surface area contributed by atoms with Crippen molar-refractivity contribution in [1.29, 1.82) is 0 Å². The molecule has 166 valence electrons. The maximum atomic E-state index is 13.1. The number of nitrogens with one attached hydrogen (secondary N) is 2. The number of rotatable bonds is 8. The van der Waals surface area contributed by atoms with Crippen LogP contribution in [0.4, 0.5) is 0 Å². The van der Waals surface area contributed by atoms with Crippen molar-refractivity contribution in [3.8, 4) is 11.4 Å². The van der Waals surface area contributed by atoms with Gasteiger partial charge in [0, 0.05) is 30.6 Å². The number of benzene rings is 1. The van der Waals surface area contributed by atoms with E-state index in [1.165, 1.54) is 17.4 Å². The molecule has 0 aliphatic heterocycles. The van der Waals surface area contributed by atoms with Gasteiger partial charge in [0.05, 0.1) is 6.26 Å². The van der Waals surface area contributed by atoms with Gasteiger partial charge < -0.3 is 15.1 Å². The molecule has 1 fully saturated rings. The van der Waals surface area contributed by atoms with Crippen LogP contribution < -0.4 is 10.6 Å². The first-order valence-corrected chi connectivity index (χ1v) is 10.9. The van der Waals surface area contributed by atoms with Crippen LogP contribution in [0.5, 0.6) is 0 Å². The molecule has 0 atom stereocenters. The maximum absolute atomic E-state index is 13.1. The van der Waals surface area contributed by atoms with E-state index in [1.54, 1.807) is 18.2 Å². The third-order valence-corrected chi connectivity index (χ3v) is 5.39. The number of hydrogen-bond acceptors (Lipinski definition) is 6. The minimum absolute atomic E-state index is 0.0545. The largest absolute Gasteiger partial charge is 0.465 e. The van der Waals surface area contributed by atoms with Crippen LogP contribution in [0.25, 0.3) is 23.2 Å². The molecule has 4 rings (SSSR count). The number of hydrogen-bond donors (Lipinski definition) is 2. The number of aromatic nitrogens is 4. The summed E-state index contributed by atoms with van der Waals surface area (Å²) in [6.45, 7) is 0.204. The molecule has 0 saturated heterocycles. The average molecular weight is 435 g/mol. The molecule has 2 amide bonds. The molecule has 1 aromatic carbocycles. The van der Waals surface area contributed by atoms with Crippen molar-refractivity contribution in [2.45, 2.75) is 44.6 Å². The summed E-state index contributed by atoms with van der Waals surface area (Å²) in [5.74, 6) is 0.450. The quantitative estimate of drug-likeness (QED) is 0.527. The molecule has 0 bridgehead atoms. The smallest absolute Gasteiger partial charge is 0.270 e. The Morgan fingerprint density at radius 3 is 2.66 bits per heavy atom. The van der Waals surface area contributed by atoms with E-state index in [0.29, 0.717) is 11.6 Å². The van der Waals surface area contributed by atoms with Crippen molar-refractivity contribution >= 4 is 23.6 Å². The lowest BCUT2D eigenvalue weighted by atomic mass is 9.95. The fraction of sp³-hybridized carbons (Fsp3) is 0.348. The predicted octanol–water partition coefficient (Wildman–Crippen LogP) is 2.89. The van der Waals surface area contributed by atoms with E-state index in [1.807, 2.05) is 30.3 Å². The third kappa shape index (κ3) is 5.48. The predicted molar refractivity (Wildman–Crippen MR) is 119 cm³/mol. The van der Waals surface area contributed by atoms with Gasteiger partial charge in [0.2, 0.25) is 5.91 Å². The van der Waals surface area contributed by atoms with E-state index >= 15 is 0 Å². The Balaban J connectivity index is 1.45. The molecular weight excluding hydrogens is 408 g/mol. The molecule has 0 unspecified atom stereocenters. The van der Waals surface area contributed by atoms with Gasteiger partial charge in [-0.05, 0) is 35.4 Å². The molecule has 9 heteroatoms. The Kier molecular flexibility index (Phi) is 7.06. The first-order valence-electron chi connectivity index (χ1n) is 10.9. The Labute approximate surface area is 185 Å². The lowest BCUT2D eigenvalue weighted by Crippen LogP contribution is -2.38. The minimum atomic E-state index is -0.406. The van der Waals surface area contributed by atoms with Gasteiger partial charge in [-0.25, -0.2) is 0 Å². The molecule has 2 N–H and O–H groups in total. The molecule has 0 spiro atoms. The Morgan fingerprint density at radius 2 is 1.91 bits per heavy atom. The molecule has 2 aromatic heterocycles. The molecule has 2 heterocycles. The topological polar surface area (TPSA) is 115 Å². The van der Waals surface area contributed by atoms with Gasteiger partial charge in [-0.3, -0.25) is 9.59 Å². The van der Waals surface area contributed by atoms with Crippen LogP contribution in [0.15, 0.2) is 53.1 Å².